The van der Waals surface area contributed by atoms with E-state index in [-0.39, 0.29) is 5.75 Å². The minimum Gasteiger partial charge on any atom is -0.406 e. The van der Waals surface area contributed by atoms with Gasteiger partial charge in [0.1, 0.15) is 16.7 Å². The van der Waals surface area contributed by atoms with Crippen molar-refractivity contribution in [2.45, 2.75) is 12.8 Å². The molecule has 0 spiro atoms. The summed E-state index contributed by atoms with van der Waals surface area (Å²) in [6, 6.07) is 5.94. The number of benzene rings is 1. The Bertz CT molecular complexity index is 711. The molecule has 5 nitrogen and oxygen atoms in total. The highest BCUT2D eigenvalue weighted by Crippen LogP contribution is 2.28. The third kappa shape index (κ3) is 5.12. The van der Waals surface area contributed by atoms with E-state index in [1.165, 1.54) is 18.3 Å². The van der Waals surface area contributed by atoms with Crippen molar-refractivity contribution in [1.82, 2.24) is 9.97 Å². The quantitative estimate of drug-likeness (QED) is 0.860. The van der Waals surface area contributed by atoms with Crippen LogP contribution in [-0.2, 0) is 0 Å². The molecule has 1 unspecified atom stereocenters. The van der Waals surface area contributed by atoms with E-state index in [0.717, 1.165) is 31.7 Å². The van der Waals surface area contributed by atoms with Gasteiger partial charge in [0.25, 0.3) is 0 Å². The number of hydrogen-bond donors (Lipinski definition) is 1. The van der Waals surface area contributed by atoms with Crippen molar-refractivity contribution in [2.75, 3.05) is 29.9 Å². The van der Waals surface area contributed by atoms with Crippen LogP contribution in [0.15, 0.2) is 36.7 Å². The monoisotopic (exact) mass is 372 g/mol. The first-order valence-electron chi connectivity index (χ1n) is 7.71. The summed E-state index contributed by atoms with van der Waals surface area (Å²) in [5, 5.41) is 3.54. The molecule has 9 heteroatoms. The van der Waals surface area contributed by atoms with Crippen LogP contribution in [0.4, 0.5) is 24.7 Å². The Labute approximate surface area is 147 Å². The van der Waals surface area contributed by atoms with Crippen molar-refractivity contribution in [3.8, 4) is 5.75 Å². The van der Waals surface area contributed by atoms with Crippen LogP contribution < -0.4 is 15.0 Å². The maximum Gasteiger partial charge on any atom is 0.573 e. The maximum atomic E-state index is 12.2. The van der Waals surface area contributed by atoms with Gasteiger partial charge in [0.15, 0.2) is 0 Å². The van der Waals surface area contributed by atoms with E-state index in [0.29, 0.717) is 16.9 Å². The van der Waals surface area contributed by atoms with Crippen LogP contribution >= 0.6 is 11.6 Å². The van der Waals surface area contributed by atoms with Crippen LogP contribution in [0.25, 0.3) is 0 Å². The minimum atomic E-state index is -4.67. The Hall–Kier alpha value is -2.22. The number of aromatic nitrogens is 2. The third-order valence-electron chi connectivity index (χ3n) is 3.90. The highest BCUT2D eigenvalue weighted by molar-refractivity contribution is 6.29. The van der Waals surface area contributed by atoms with Crippen molar-refractivity contribution in [3.05, 3.63) is 41.8 Å². The summed E-state index contributed by atoms with van der Waals surface area (Å²) < 4.78 is 40.4. The molecule has 3 rings (SSSR count). The molecule has 1 aliphatic rings. The van der Waals surface area contributed by atoms with E-state index < -0.39 is 6.36 Å². The average molecular weight is 373 g/mol. The Balaban J connectivity index is 1.52. The first-order chi connectivity index (χ1) is 11.9. The third-order valence-corrected chi connectivity index (χ3v) is 4.08. The number of nitrogens with one attached hydrogen (secondary N) is 1. The molecular formula is C16H16ClF3N4O. The molecule has 0 amide bonds. The molecule has 25 heavy (non-hydrogen) atoms. The fourth-order valence-electron chi connectivity index (χ4n) is 2.77. The summed E-state index contributed by atoms with van der Waals surface area (Å²) in [6.07, 6.45) is -0.620. The number of anilines is 2. The lowest BCUT2D eigenvalue weighted by molar-refractivity contribution is -0.274. The summed E-state index contributed by atoms with van der Waals surface area (Å²) >= 11 is 5.79. The molecule has 1 atom stereocenters. The Morgan fingerprint density at radius 1 is 1.24 bits per heavy atom. The topological polar surface area (TPSA) is 50.3 Å². The fraction of sp³-hybridized carbons (Fsp3) is 0.375. The normalized spacial score (nSPS) is 17.6. The van der Waals surface area contributed by atoms with E-state index >= 15 is 0 Å². The summed E-state index contributed by atoms with van der Waals surface area (Å²) in [6.45, 7) is 2.37. The van der Waals surface area contributed by atoms with Gasteiger partial charge >= 0.3 is 6.36 Å². The Morgan fingerprint density at radius 3 is 2.68 bits per heavy atom. The molecule has 1 aliphatic heterocycles. The number of nitrogens with zero attached hydrogens (tertiary/aromatic N) is 3. The van der Waals surface area contributed by atoms with Crippen molar-refractivity contribution in [2.24, 2.45) is 5.92 Å². The molecule has 1 aromatic carbocycles. The zero-order valence-electron chi connectivity index (χ0n) is 13.1. The summed E-state index contributed by atoms with van der Waals surface area (Å²) in [4.78, 5) is 10.2. The van der Waals surface area contributed by atoms with Gasteiger partial charge < -0.3 is 15.0 Å². The predicted molar refractivity (Wildman–Crippen MR) is 89.0 cm³/mol. The molecule has 1 N–H and O–H groups in total. The van der Waals surface area contributed by atoms with Crippen LogP contribution in [-0.4, -0.2) is 36.0 Å². The lowest BCUT2D eigenvalue weighted by Crippen LogP contribution is -2.22. The van der Waals surface area contributed by atoms with Crippen molar-refractivity contribution < 1.29 is 17.9 Å². The Kier molecular flexibility index (Phi) is 5.17. The lowest BCUT2D eigenvalue weighted by Gasteiger charge is -2.19. The fourth-order valence-corrected chi connectivity index (χ4v) is 2.92. The summed E-state index contributed by atoms with van der Waals surface area (Å²) in [7, 11) is 0. The SMILES string of the molecule is FC(F)(F)Oc1ccc(N2CCC(CNc3cncc(Cl)n3)C2)cc1. The number of alkyl halides is 3. The van der Waals surface area contributed by atoms with Gasteiger partial charge in [0.05, 0.1) is 12.4 Å². The molecule has 0 saturated carbocycles. The zero-order valence-corrected chi connectivity index (χ0v) is 13.9. The summed E-state index contributed by atoms with van der Waals surface area (Å²) in [5.74, 6) is 0.805. The smallest absolute Gasteiger partial charge is 0.406 e. The number of hydrogen-bond acceptors (Lipinski definition) is 5. The van der Waals surface area contributed by atoms with Gasteiger partial charge in [-0.15, -0.1) is 13.2 Å². The second kappa shape index (κ2) is 7.35. The standard InChI is InChI=1S/C16H16ClF3N4O/c17-14-8-21-9-15(23-14)22-7-11-5-6-24(10-11)12-1-3-13(4-2-12)25-16(18,19)20/h1-4,8-9,11H,5-7,10H2,(H,22,23). The molecule has 134 valence electrons. The summed E-state index contributed by atoms with van der Waals surface area (Å²) in [5.41, 5.74) is 0.875. The van der Waals surface area contributed by atoms with Gasteiger partial charge in [0.2, 0.25) is 0 Å². The van der Waals surface area contributed by atoms with E-state index in [9.17, 15) is 13.2 Å². The van der Waals surface area contributed by atoms with Crippen molar-refractivity contribution >= 4 is 23.1 Å². The van der Waals surface area contributed by atoms with Crippen LogP contribution in [0.5, 0.6) is 5.75 Å². The number of rotatable bonds is 5. The van der Waals surface area contributed by atoms with Crippen molar-refractivity contribution in [3.63, 3.8) is 0 Å². The van der Waals surface area contributed by atoms with E-state index in [1.807, 2.05) is 0 Å². The van der Waals surface area contributed by atoms with Crippen LogP contribution in [0, 0.1) is 5.92 Å². The van der Waals surface area contributed by atoms with Crippen LogP contribution in [0.1, 0.15) is 6.42 Å². The maximum absolute atomic E-state index is 12.2. The highest BCUT2D eigenvalue weighted by atomic mass is 35.5. The molecule has 2 heterocycles. The molecule has 2 aromatic rings. The second-order valence-electron chi connectivity index (χ2n) is 5.75. The predicted octanol–water partition coefficient (Wildman–Crippen LogP) is 3.97. The van der Waals surface area contributed by atoms with Gasteiger partial charge in [-0.1, -0.05) is 11.6 Å². The molecule has 0 aliphatic carbocycles. The lowest BCUT2D eigenvalue weighted by atomic mass is 10.1. The van der Waals surface area contributed by atoms with E-state index in [4.69, 9.17) is 11.6 Å². The molecule has 0 radical (unpaired) electrons. The van der Waals surface area contributed by atoms with Crippen LogP contribution in [0.2, 0.25) is 5.15 Å². The van der Waals surface area contributed by atoms with Gasteiger partial charge in [-0.05, 0) is 36.6 Å². The molecule has 1 fully saturated rings. The van der Waals surface area contributed by atoms with Crippen LogP contribution in [0.3, 0.4) is 0 Å². The first-order valence-corrected chi connectivity index (χ1v) is 8.09. The van der Waals surface area contributed by atoms with Crippen molar-refractivity contribution in [1.29, 1.82) is 0 Å². The molecule has 1 saturated heterocycles. The zero-order chi connectivity index (χ0) is 17.9. The van der Waals surface area contributed by atoms with E-state index in [2.05, 4.69) is 24.9 Å². The Morgan fingerprint density at radius 2 is 2.00 bits per heavy atom. The van der Waals surface area contributed by atoms with Gasteiger partial charge in [-0.3, -0.25) is 4.98 Å². The minimum absolute atomic E-state index is 0.215. The highest BCUT2D eigenvalue weighted by Gasteiger charge is 2.31. The average Bonchev–Trinajstić information content (AvgIpc) is 3.01. The van der Waals surface area contributed by atoms with Gasteiger partial charge in [0, 0.05) is 25.3 Å². The first kappa shape index (κ1) is 17.6. The van der Waals surface area contributed by atoms with Gasteiger partial charge in [-0.25, -0.2) is 4.98 Å². The number of halogens is 4. The van der Waals surface area contributed by atoms with E-state index in [1.54, 1.807) is 18.3 Å². The molecule has 0 bridgehead atoms. The second-order valence-corrected chi connectivity index (χ2v) is 6.14. The molecule has 1 aromatic heterocycles. The van der Waals surface area contributed by atoms with Gasteiger partial charge in [-0.2, -0.15) is 0 Å². The largest absolute Gasteiger partial charge is 0.573 e. The number of ether oxygens (including phenoxy) is 1. The molecular weight excluding hydrogens is 357 g/mol.